The Morgan fingerprint density at radius 3 is 2.78 bits per heavy atom. The van der Waals surface area contributed by atoms with Crippen LogP contribution < -0.4 is 11.1 Å². The number of aryl methyl sites for hydroxylation is 1. The first kappa shape index (κ1) is 13.4. The molecule has 0 saturated carbocycles. The van der Waals surface area contributed by atoms with Crippen LogP contribution in [0.2, 0.25) is 0 Å². The molecular formula is C15H25N3. The second-order valence-electron chi connectivity index (χ2n) is 5.58. The van der Waals surface area contributed by atoms with Gasteiger partial charge in [0.1, 0.15) is 0 Å². The van der Waals surface area contributed by atoms with E-state index in [0.717, 1.165) is 19.4 Å². The quantitative estimate of drug-likeness (QED) is 0.860. The molecular weight excluding hydrogens is 222 g/mol. The molecule has 1 aliphatic heterocycles. The second kappa shape index (κ2) is 5.72. The van der Waals surface area contributed by atoms with Gasteiger partial charge in [-0.25, -0.2) is 0 Å². The average Bonchev–Trinajstić information content (AvgIpc) is 2.56. The van der Waals surface area contributed by atoms with Gasteiger partial charge in [0.25, 0.3) is 0 Å². The Kier molecular flexibility index (Phi) is 4.25. The number of nitrogens with one attached hydrogen (secondary N) is 1. The topological polar surface area (TPSA) is 41.3 Å². The Morgan fingerprint density at radius 1 is 1.28 bits per heavy atom. The minimum Gasteiger partial charge on any atom is -0.378 e. The molecule has 1 unspecified atom stereocenters. The molecule has 1 aromatic rings. The number of nitrogens with zero attached hydrogens (tertiary/aromatic N) is 1. The highest BCUT2D eigenvalue weighted by atomic mass is 15.1. The lowest BCUT2D eigenvalue weighted by molar-refractivity contribution is 0.337. The van der Waals surface area contributed by atoms with Crippen molar-refractivity contribution in [2.24, 2.45) is 5.73 Å². The molecule has 1 aliphatic rings. The lowest BCUT2D eigenvalue weighted by Gasteiger charge is -2.34. The number of para-hydroxylation sites is 1. The van der Waals surface area contributed by atoms with Gasteiger partial charge < -0.3 is 16.0 Å². The zero-order chi connectivity index (χ0) is 13.0. The Labute approximate surface area is 110 Å². The van der Waals surface area contributed by atoms with Crippen LogP contribution in [0.1, 0.15) is 24.8 Å². The van der Waals surface area contributed by atoms with Crippen LogP contribution in [-0.2, 0) is 0 Å². The fourth-order valence-corrected chi connectivity index (χ4v) is 2.71. The summed E-state index contributed by atoms with van der Waals surface area (Å²) in [6.45, 7) is 5.15. The molecule has 1 aromatic carbocycles. The number of anilines is 1. The summed E-state index contributed by atoms with van der Waals surface area (Å²) in [5, 5.41) is 3.72. The monoisotopic (exact) mass is 247 g/mol. The molecule has 0 spiro atoms. The van der Waals surface area contributed by atoms with E-state index in [9.17, 15) is 0 Å². The van der Waals surface area contributed by atoms with Gasteiger partial charge in [-0.3, -0.25) is 0 Å². The SMILES string of the molecule is Cc1ccccc1NC1(CN)CCCN(C)CC1. The van der Waals surface area contributed by atoms with E-state index in [4.69, 9.17) is 5.73 Å². The van der Waals surface area contributed by atoms with Crippen molar-refractivity contribution >= 4 is 5.69 Å². The molecule has 0 amide bonds. The summed E-state index contributed by atoms with van der Waals surface area (Å²) in [5.41, 5.74) is 8.66. The van der Waals surface area contributed by atoms with Crippen LogP contribution in [0, 0.1) is 6.92 Å². The average molecular weight is 247 g/mol. The van der Waals surface area contributed by atoms with Crippen LogP contribution in [0.15, 0.2) is 24.3 Å². The molecule has 0 radical (unpaired) electrons. The second-order valence-corrected chi connectivity index (χ2v) is 5.58. The molecule has 18 heavy (non-hydrogen) atoms. The first-order valence-corrected chi connectivity index (χ1v) is 6.88. The number of hydrogen-bond donors (Lipinski definition) is 2. The fraction of sp³-hybridized carbons (Fsp3) is 0.600. The summed E-state index contributed by atoms with van der Waals surface area (Å²) in [5.74, 6) is 0. The smallest absolute Gasteiger partial charge is 0.0508 e. The summed E-state index contributed by atoms with van der Waals surface area (Å²) >= 11 is 0. The highest BCUT2D eigenvalue weighted by Gasteiger charge is 2.30. The predicted octanol–water partition coefficient (Wildman–Crippen LogP) is 2.22. The molecule has 1 atom stereocenters. The third-order valence-corrected chi connectivity index (χ3v) is 4.10. The number of hydrogen-bond acceptors (Lipinski definition) is 3. The van der Waals surface area contributed by atoms with Gasteiger partial charge in [-0.2, -0.15) is 0 Å². The van der Waals surface area contributed by atoms with Gasteiger partial charge in [0.05, 0.1) is 5.54 Å². The molecule has 3 N–H and O–H groups in total. The molecule has 0 bridgehead atoms. The maximum absolute atomic E-state index is 6.07. The highest BCUT2D eigenvalue weighted by molar-refractivity contribution is 5.52. The van der Waals surface area contributed by atoms with Crippen LogP contribution in [0.3, 0.4) is 0 Å². The van der Waals surface area contributed by atoms with Crippen molar-refractivity contribution in [1.82, 2.24) is 4.90 Å². The molecule has 1 fully saturated rings. The van der Waals surface area contributed by atoms with Gasteiger partial charge in [0, 0.05) is 18.8 Å². The number of likely N-dealkylation sites (tertiary alicyclic amines) is 1. The van der Waals surface area contributed by atoms with E-state index in [1.807, 2.05) is 0 Å². The molecule has 0 aromatic heterocycles. The molecule has 0 aliphatic carbocycles. The van der Waals surface area contributed by atoms with Gasteiger partial charge >= 0.3 is 0 Å². The lowest BCUT2D eigenvalue weighted by atomic mass is 9.90. The Balaban J connectivity index is 2.15. The normalized spacial score (nSPS) is 25.7. The number of benzene rings is 1. The lowest BCUT2D eigenvalue weighted by Crippen LogP contribution is -2.46. The van der Waals surface area contributed by atoms with Crippen molar-refractivity contribution in [3.8, 4) is 0 Å². The Hall–Kier alpha value is -1.06. The summed E-state index contributed by atoms with van der Waals surface area (Å²) in [6, 6.07) is 8.47. The van der Waals surface area contributed by atoms with Crippen LogP contribution in [-0.4, -0.2) is 37.1 Å². The van der Waals surface area contributed by atoms with E-state index in [0.29, 0.717) is 6.54 Å². The van der Waals surface area contributed by atoms with E-state index in [1.54, 1.807) is 0 Å². The first-order chi connectivity index (χ1) is 8.65. The largest absolute Gasteiger partial charge is 0.378 e. The van der Waals surface area contributed by atoms with E-state index in [-0.39, 0.29) is 5.54 Å². The van der Waals surface area contributed by atoms with Gasteiger partial charge in [-0.1, -0.05) is 18.2 Å². The number of nitrogens with two attached hydrogens (primary N) is 1. The van der Waals surface area contributed by atoms with Crippen LogP contribution in [0.4, 0.5) is 5.69 Å². The van der Waals surface area contributed by atoms with Crippen molar-refractivity contribution in [1.29, 1.82) is 0 Å². The molecule has 3 heteroatoms. The van der Waals surface area contributed by atoms with Crippen molar-refractivity contribution in [2.45, 2.75) is 31.7 Å². The maximum Gasteiger partial charge on any atom is 0.0508 e. The third-order valence-electron chi connectivity index (χ3n) is 4.10. The van der Waals surface area contributed by atoms with Crippen molar-refractivity contribution < 1.29 is 0 Å². The molecule has 3 nitrogen and oxygen atoms in total. The Morgan fingerprint density at radius 2 is 2.06 bits per heavy atom. The van der Waals surface area contributed by atoms with Gasteiger partial charge in [0.2, 0.25) is 0 Å². The van der Waals surface area contributed by atoms with Gasteiger partial charge in [0.15, 0.2) is 0 Å². The van der Waals surface area contributed by atoms with E-state index in [2.05, 4.69) is 48.5 Å². The zero-order valence-electron chi connectivity index (χ0n) is 11.6. The highest BCUT2D eigenvalue weighted by Crippen LogP contribution is 2.27. The number of rotatable bonds is 3. The van der Waals surface area contributed by atoms with Crippen LogP contribution in [0.5, 0.6) is 0 Å². The predicted molar refractivity (Wildman–Crippen MR) is 77.9 cm³/mol. The standard InChI is InChI=1S/C15H25N3/c1-13-6-3-4-7-14(13)17-15(12-16)8-5-10-18(2)11-9-15/h3-4,6-7,17H,5,8-12,16H2,1-2H3. The summed E-state index contributed by atoms with van der Waals surface area (Å²) in [4.78, 5) is 2.40. The van der Waals surface area contributed by atoms with Crippen LogP contribution in [0.25, 0.3) is 0 Å². The third kappa shape index (κ3) is 3.03. The molecule has 1 heterocycles. The van der Waals surface area contributed by atoms with E-state index in [1.165, 1.54) is 24.2 Å². The summed E-state index contributed by atoms with van der Waals surface area (Å²) in [6.07, 6.45) is 3.49. The zero-order valence-corrected chi connectivity index (χ0v) is 11.6. The first-order valence-electron chi connectivity index (χ1n) is 6.88. The van der Waals surface area contributed by atoms with Crippen LogP contribution >= 0.6 is 0 Å². The molecule has 100 valence electrons. The van der Waals surface area contributed by atoms with Crippen molar-refractivity contribution in [2.75, 3.05) is 32.0 Å². The Bertz CT molecular complexity index is 391. The fourth-order valence-electron chi connectivity index (χ4n) is 2.71. The minimum absolute atomic E-state index is 0.0663. The van der Waals surface area contributed by atoms with E-state index < -0.39 is 0 Å². The van der Waals surface area contributed by atoms with Gasteiger partial charge in [-0.05, 0) is 51.4 Å². The van der Waals surface area contributed by atoms with Crippen molar-refractivity contribution in [3.63, 3.8) is 0 Å². The van der Waals surface area contributed by atoms with E-state index >= 15 is 0 Å². The molecule has 2 rings (SSSR count). The maximum atomic E-state index is 6.07. The van der Waals surface area contributed by atoms with Gasteiger partial charge in [-0.15, -0.1) is 0 Å². The van der Waals surface area contributed by atoms with Crippen molar-refractivity contribution in [3.05, 3.63) is 29.8 Å². The minimum atomic E-state index is 0.0663. The summed E-state index contributed by atoms with van der Waals surface area (Å²) in [7, 11) is 2.19. The summed E-state index contributed by atoms with van der Waals surface area (Å²) < 4.78 is 0. The molecule has 1 saturated heterocycles.